The molecule has 0 aliphatic heterocycles. The maximum atomic E-state index is 14.4. The Hall–Kier alpha value is -2.43. The molecule has 3 fully saturated rings. The Morgan fingerprint density at radius 2 is 1.70 bits per heavy atom. The van der Waals surface area contributed by atoms with Crippen molar-refractivity contribution >= 4 is 17.5 Å². The Morgan fingerprint density at radius 3 is 2.33 bits per heavy atom. The number of fused-ring (bicyclic) bond motifs is 7. The zero-order valence-corrected chi connectivity index (χ0v) is 24.4. The Morgan fingerprint density at radius 1 is 1.05 bits per heavy atom. The molecule has 1 amide bonds. The van der Waals surface area contributed by atoms with Crippen LogP contribution in [-0.4, -0.2) is 29.2 Å². The van der Waals surface area contributed by atoms with Gasteiger partial charge in [-0.2, -0.15) is 13.2 Å². The lowest BCUT2D eigenvalue weighted by atomic mass is 9.36. The van der Waals surface area contributed by atoms with Gasteiger partial charge in [0.1, 0.15) is 6.42 Å². The number of hydrogen-bond acceptors (Lipinski definition) is 3. The van der Waals surface area contributed by atoms with Gasteiger partial charge >= 0.3 is 6.18 Å². The number of allylic oxidation sites excluding steroid dienone is 4. The maximum absolute atomic E-state index is 14.4. The van der Waals surface area contributed by atoms with Crippen LogP contribution in [0.3, 0.4) is 0 Å². The zero-order valence-electron chi connectivity index (χ0n) is 24.4. The number of hydrogen-bond donors (Lipinski definition) is 1. The fraction of sp³-hybridized carbons (Fsp3) is 0.750. The lowest BCUT2D eigenvalue weighted by molar-refractivity contribution is -0.169. The summed E-state index contributed by atoms with van der Waals surface area (Å²) in [5.74, 6) is -2.21. The molecular formula is C32H41F3N2O3. The van der Waals surface area contributed by atoms with Crippen molar-refractivity contribution in [3.8, 4) is 0 Å². The smallest absolute Gasteiger partial charge is 0.350 e. The Labute approximate surface area is 235 Å². The van der Waals surface area contributed by atoms with Crippen LogP contribution < -0.4 is 5.32 Å². The third kappa shape index (κ3) is 4.04. The number of nitrogens with one attached hydrogen (secondary N) is 1. The van der Waals surface area contributed by atoms with Crippen molar-refractivity contribution in [1.29, 1.82) is 0 Å². The number of nitrogens with zero attached hydrogens (tertiary/aromatic N) is 1. The molecule has 0 spiro atoms. The summed E-state index contributed by atoms with van der Waals surface area (Å²) < 4.78 is 39.4. The Balaban J connectivity index is 1.62. The van der Waals surface area contributed by atoms with Gasteiger partial charge in [-0.3, -0.25) is 9.59 Å². The molecule has 3 saturated carbocycles. The molecule has 0 aromatic heterocycles. The molecule has 0 heterocycles. The van der Waals surface area contributed by atoms with Crippen LogP contribution in [0.2, 0.25) is 0 Å². The highest BCUT2D eigenvalue weighted by atomic mass is 19.4. The minimum Gasteiger partial charge on any atom is -0.350 e. The number of alkyl halides is 3. The summed E-state index contributed by atoms with van der Waals surface area (Å²) in [5.41, 5.74) is -1.30. The molecule has 1 N–H and O–H groups in total. The van der Waals surface area contributed by atoms with Gasteiger partial charge in [0, 0.05) is 22.8 Å². The molecular weight excluding hydrogens is 517 g/mol. The van der Waals surface area contributed by atoms with Crippen LogP contribution in [0.1, 0.15) is 92.9 Å². The topological polar surface area (TPSA) is 67.6 Å². The van der Waals surface area contributed by atoms with Gasteiger partial charge in [0.05, 0.1) is 6.57 Å². The van der Waals surface area contributed by atoms with E-state index in [4.69, 9.17) is 6.57 Å². The second-order valence-electron chi connectivity index (χ2n) is 14.9. The van der Waals surface area contributed by atoms with Crippen LogP contribution in [0.25, 0.3) is 4.85 Å². The van der Waals surface area contributed by atoms with E-state index in [0.717, 1.165) is 24.8 Å². The van der Waals surface area contributed by atoms with Gasteiger partial charge in [-0.05, 0) is 79.1 Å². The first-order valence-corrected chi connectivity index (χ1v) is 14.6. The third-order valence-electron chi connectivity index (χ3n) is 12.2. The molecule has 0 radical (unpaired) electrons. The third-order valence-corrected chi connectivity index (χ3v) is 12.2. The summed E-state index contributed by atoms with van der Waals surface area (Å²) in [6.07, 6.45) is 2.15. The van der Waals surface area contributed by atoms with E-state index in [0.29, 0.717) is 25.7 Å². The monoisotopic (exact) mass is 558 g/mol. The highest BCUT2D eigenvalue weighted by molar-refractivity contribution is 6.01. The fourth-order valence-electron chi connectivity index (χ4n) is 9.95. The second-order valence-corrected chi connectivity index (χ2v) is 14.9. The van der Waals surface area contributed by atoms with E-state index in [1.807, 2.05) is 6.92 Å². The van der Waals surface area contributed by atoms with Gasteiger partial charge in [0.25, 0.3) is 0 Å². The van der Waals surface area contributed by atoms with Crippen LogP contribution in [0.5, 0.6) is 0 Å². The number of halogens is 3. The lowest BCUT2D eigenvalue weighted by Gasteiger charge is -2.68. The van der Waals surface area contributed by atoms with Crippen molar-refractivity contribution in [3.05, 3.63) is 34.8 Å². The molecule has 0 unspecified atom stereocenters. The van der Waals surface area contributed by atoms with Gasteiger partial charge in [-0.1, -0.05) is 53.2 Å². The number of Topliss-reactive ketones (excluding diaryl/α,β-unsaturated/α-hetero) is 1. The van der Waals surface area contributed by atoms with Crippen molar-refractivity contribution in [2.45, 2.75) is 105 Å². The standard InChI is InChI=1S/C32H41F3N2O3/c1-18-19-8-9-29(5)23(28(19,4)16-21(36-7)26(18)40)14-22(38)25-20-15-27(2,3)10-12-31(20,13-11-30(25,29)6)37-24(39)17-32(33,34)35/h14,16,18-20,25H,8-13,15,17H2,1-6H3,(H,37,39)/t18-,19-,20-,25-,28-,29+,30+,31-/m0/s1. The molecule has 8 heteroatoms. The normalized spacial score (nSPS) is 44.1. The first-order chi connectivity index (χ1) is 18.3. The number of carbonyl (C=O) groups is 3. The molecule has 5 nitrogen and oxygen atoms in total. The number of rotatable bonds is 2. The molecule has 0 saturated heterocycles. The zero-order chi connectivity index (χ0) is 29.7. The quantitative estimate of drug-likeness (QED) is 0.372. The van der Waals surface area contributed by atoms with Crippen LogP contribution in [-0.2, 0) is 14.4 Å². The highest BCUT2D eigenvalue weighted by Crippen LogP contribution is 2.72. The number of ketones is 2. The van der Waals surface area contributed by atoms with Crippen molar-refractivity contribution < 1.29 is 27.6 Å². The SMILES string of the molecule is [C-]#[N+]C1=C[C@]2(C)C3=CC(=O)[C@@H]4[C@@H]5CC(C)(C)CC[C@]5(NC(=O)CC(F)(F)F)CC[C@@]4(C)[C@]3(C)CC[C@H]2[C@H](C)C1=O. The second kappa shape index (κ2) is 8.79. The molecule has 8 atom stereocenters. The minimum absolute atomic E-state index is 0.00396. The molecule has 0 bridgehead atoms. The van der Waals surface area contributed by atoms with E-state index >= 15 is 0 Å². The number of carbonyl (C=O) groups excluding carboxylic acids is 3. The molecule has 0 aromatic carbocycles. The Bertz CT molecular complexity index is 1270. The summed E-state index contributed by atoms with van der Waals surface area (Å²) in [7, 11) is 0. The summed E-state index contributed by atoms with van der Waals surface area (Å²) in [4.78, 5) is 43.5. The summed E-state index contributed by atoms with van der Waals surface area (Å²) >= 11 is 0. The van der Waals surface area contributed by atoms with Crippen molar-refractivity contribution in [2.75, 3.05) is 0 Å². The molecule has 5 aliphatic carbocycles. The maximum Gasteiger partial charge on any atom is 0.397 e. The van der Waals surface area contributed by atoms with Crippen molar-refractivity contribution in [2.24, 2.45) is 45.3 Å². The Kier molecular flexibility index (Phi) is 6.39. The van der Waals surface area contributed by atoms with Crippen molar-refractivity contribution in [3.63, 3.8) is 0 Å². The van der Waals surface area contributed by atoms with E-state index in [9.17, 15) is 27.6 Å². The summed E-state index contributed by atoms with van der Waals surface area (Å²) in [5, 5.41) is 2.85. The first kappa shape index (κ1) is 29.1. The predicted octanol–water partition coefficient (Wildman–Crippen LogP) is 6.99. The average Bonchev–Trinajstić information content (AvgIpc) is 2.82. The average molecular weight is 559 g/mol. The van der Waals surface area contributed by atoms with Crippen LogP contribution >= 0.6 is 0 Å². The summed E-state index contributed by atoms with van der Waals surface area (Å²) in [6, 6.07) is 0. The number of amides is 1. The fourth-order valence-corrected chi connectivity index (χ4v) is 9.95. The molecule has 5 rings (SSSR count). The van der Waals surface area contributed by atoms with Crippen molar-refractivity contribution in [1.82, 2.24) is 5.32 Å². The minimum atomic E-state index is -4.59. The summed E-state index contributed by atoms with van der Waals surface area (Å²) in [6.45, 7) is 20.3. The van der Waals surface area contributed by atoms with Gasteiger partial charge in [0.2, 0.25) is 11.6 Å². The van der Waals surface area contributed by atoms with Gasteiger partial charge in [0.15, 0.2) is 11.6 Å². The van der Waals surface area contributed by atoms with E-state index in [1.54, 1.807) is 12.2 Å². The largest absolute Gasteiger partial charge is 0.397 e. The first-order valence-electron chi connectivity index (χ1n) is 14.6. The van der Waals surface area contributed by atoms with E-state index in [1.165, 1.54) is 0 Å². The van der Waals surface area contributed by atoms with E-state index in [2.05, 4.69) is 44.8 Å². The van der Waals surface area contributed by atoms with Crippen LogP contribution in [0.15, 0.2) is 23.4 Å². The van der Waals surface area contributed by atoms with Crippen LogP contribution in [0, 0.1) is 51.9 Å². The molecule has 218 valence electrons. The highest BCUT2D eigenvalue weighted by Gasteiger charge is 2.69. The van der Waals surface area contributed by atoms with Gasteiger partial charge in [-0.25, -0.2) is 4.85 Å². The van der Waals surface area contributed by atoms with E-state index in [-0.39, 0.29) is 40.4 Å². The predicted molar refractivity (Wildman–Crippen MR) is 144 cm³/mol. The molecule has 5 aliphatic rings. The van der Waals surface area contributed by atoms with Crippen LogP contribution in [0.4, 0.5) is 13.2 Å². The molecule has 0 aromatic rings. The lowest BCUT2D eigenvalue weighted by Crippen LogP contribution is -2.69. The van der Waals surface area contributed by atoms with E-state index < -0.39 is 46.2 Å². The van der Waals surface area contributed by atoms with Gasteiger partial charge < -0.3 is 10.1 Å². The van der Waals surface area contributed by atoms with Gasteiger partial charge in [-0.15, -0.1) is 0 Å². The molecule has 40 heavy (non-hydrogen) atoms.